The van der Waals surface area contributed by atoms with Crippen molar-refractivity contribution in [2.45, 2.75) is 31.9 Å². The molecule has 0 radical (unpaired) electrons. The molecule has 0 saturated carbocycles. The van der Waals surface area contributed by atoms with Crippen LogP contribution in [0.1, 0.15) is 36.8 Å². The lowest BCUT2D eigenvalue weighted by Gasteiger charge is -2.08. The highest BCUT2D eigenvalue weighted by Crippen LogP contribution is 2.36. The first-order valence-electron chi connectivity index (χ1n) is 9.36. The molecular weight excluding hydrogens is 433 g/mol. The molecule has 0 saturated heterocycles. The van der Waals surface area contributed by atoms with Crippen LogP contribution in [0.5, 0.6) is 11.5 Å². The van der Waals surface area contributed by atoms with Crippen LogP contribution in [-0.4, -0.2) is 26.8 Å². The first-order valence-corrected chi connectivity index (χ1v) is 9.36. The van der Waals surface area contributed by atoms with Gasteiger partial charge in [-0.25, -0.2) is 0 Å². The number of alkyl halides is 3. The number of amides is 1. The highest BCUT2D eigenvalue weighted by molar-refractivity contribution is 5.94. The average Bonchev–Trinajstić information content (AvgIpc) is 2.71. The predicted molar refractivity (Wildman–Crippen MR) is 109 cm³/mol. The summed E-state index contributed by atoms with van der Waals surface area (Å²) in [5, 5.41) is 32.3. The summed E-state index contributed by atoms with van der Waals surface area (Å²) in [5.74, 6) is -2.28. The molecule has 0 aliphatic carbocycles. The lowest BCUT2D eigenvalue weighted by Crippen LogP contribution is -2.12. The third kappa shape index (κ3) is 7.11. The number of aromatic hydroxyl groups is 2. The summed E-state index contributed by atoms with van der Waals surface area (Å²) in [6.07, 6.45) is -1.15. The van der Waals surface area contributed by atoms with Gasteiger partial charge in [0.2, 0.25) is 11.7 Å². The predicted octanol–water partition coefficient (Wildman–Crippen LogP) is 4.81. The lowest BCUT2D eigenvalue weighted by atomic mass is 10.1. The third-order valence-electron chi connectivity index (χ3n) is 4.32. The van der Waals surface area contributed by atoms with E-state index in [0.29, 0.717) is 12.8 Å². The van der Waals surface area contributed by atoms with Crippen LogP contribution in [0.15, 0.2) is 42.5 Å². The van der Waals surface area contributed by atoms with E-state index in [1.165, 1.54) is 6.08 Å². The van der Waals surface area contributed by atoms with Crippen LogP contribution in [0.4, 0.5) is 24.5 Å². The maximum absolute atomic E-state index is 12.5. The maximum Gasteiger partial charge on any atom is 0.416 e. The van der Waals surface area contributed by atoms with Crippen LogP contribution in [-0.2, 0) is 15.8 Å². The Morgan fingerprint density at radius 2 is 1.69 bits per heavy atom. The van der Waals surface area contributed by atoms with Crippen molar-refractivity contribution < 1.29 is 37.9 Å². The van der Waals surface area contributed by atoms with Gasteiger partial charge in [-0.3, -0.25) is 19.7 Å². The number of halogens is 3. The van der Waals surface area contributed by atoms with Crippen molar-refractivity contribution in [2.75, 3.05) is 5.32 Å². The van der Waals surface area contributed by atoms with Gasteiger partial charge in [-0.15, -0.1) is 0 Å². The fraction of sp³-hybridized carbons (Fsp3) is 0.238. The van der Waals surface area contributed by atoms with Crippen LogP contribution in [0, 0.1) is 10.1 Å². The minimum absolute atomic E-state index is 0.0655. The molecule has 0 aliphatic heterocycles. The third-order valence-corrected chi connectivity index (χ3v) is 4.32. The van der Waals surface area contributed by atoms with Crippen molar-refractivity contribution in [1.82, 2.24) is 0 Å². The topological polar surface area (TPSA) is 130 Å². The summed E-state index contributed by atoms with van der Waals surface area (Å²) in [6.45, 7) is 0. The fourth-order valence-corrected chi connectivity index (χ4v) is 2.68. The molecular formula is C21H19F3N2O6. The van der Waals surface area contributed by atoms with Crippen molar-refractivity contribution in [3.05, 3.63) is 63.7 Å². The fourth-order valence-electron chi connectivity index (χ4n) is 2.68. The number of nitro benzene ring substituents is 1. The first kappa shape index (κ1) is 24.4. The van der Waals surface area contributed by atoms with E-state index in [1.807, 2.05) is 0 Å². The minimum Gasteiger partial charge on any atom is -0.504 e. The number of nitro groups is 1. The van der Waals surface area contributed by atoms with E-state index in [4.69, 9.17) is 0 Å². The molecule has 170 valence electrons. The van der Waals surface area contributed by atoms with Crippen LogP contribution in [0.25, 0.3) is 6.08 Å². The molecule has 2 aromatic rings. The van der Waals surface area contributed by atoms with Gasteiger partial charge in [0.15, 0.2) is 11.5 Å². The van der Waals surface area contributed by atoms with Gasteiger partial charge in [-0.05, 0) is 54.8 Å². The summed E-state index contributed by atoms with van der Waals surface area (Å²) >= 11 is 0. The molecule has 0 spiro atoms. The number of ketones is 1. The van der Waals surface area contributed by atoms with Crippen LogP contribution in [0.2, 0.25) is 0 Å². The van der Waals surface area contributed by atoms with Gasteiger partial charge in [-0.2, -0.15) is 13.2 Å². The Hall–Kier alpha value is -3.89. The van der Waals surface area contributed by atoms with E-state index in [9.17, 15) is 43.1 Å². The molecule has 0 aromatic heterocycles. The zero-order valence-electron chi connectivity index (χ0n) is 16.6. The smallest absolute Gasteiger partial charge is 0.416 e. The summed E-state index contributed by atoms with van der Waals surface area (Å²) in [4.78, 5) is 33.7. The summed E-state index contributed by atoms with van der Waals surface area (Å²) in [6, 6.07) is 6.11. The van der Waals surface area contributed by atoms with Crippen molar-refractivity contribution in [2.24, 2.45) is 0 Å². The molecule has 32 heavy (non-hydrogen) atoms. The van der Waals surface area contributed by atoms with E-state index in [1.54, 1.807) is 0 Å². The molecule has 0 atom stereocenters. The molecule has 2 aromatic carbocycles. The summed E-state index contributed by atoms with van der Waals surface area (Å²) in [5.41, 5.74) is -1.14. The average molecular weight is 452 g/mol. The molecule has 0 fully saturated rings. The van der Waals surface area contributed by atoms with Gasteiger partial charge in [0.25, 0.3) is 0 Å². The Morgan fingerprint density at radius 3 is 2.28 bits per heavy atom. The quantitative estimate of drug-likeness (QED) is 0.165. The number of unbranched alkanes of at least 4 members (excludes halogenated alkanes) is 1. The number of phenolic OH excluding ortho intramolecular Hbond substituents is 2. The Bertz CT molecular complexity index is 1030. The molecule has 8 nitrogen and oxygen atoms in total. The van der Waals surface area contributed by atoms with Gasteiger partial charge in [-0.1, -0.05) is 6.08 Å². The van der Waals surface area contributed by atoms with Crippen LogP contribution < -0.4 is 5.32 Å². The Balaban J connectivity index is 1.77. The number of phenols is 2. The summed E-state index contributed by atoms with van der Waals surface area (Å²) in [7, 11) is 0. The molecule has 1 amide bonds. The Kier molecular flexibility index (Phi) is 7.94. The number of benzene rings is 2. The number of anilines is 1. The minimum atomic E-state index is -4.46. The van der Waals surface area contributed by atoms with Crippen molar-refractivity contribution in [3.8, 4) is 11.5 Å². The number of rotatable bonds is 9. The molecule has 0 heterocycles. The second-order valence-electron chi connectivity index (χ2n) is 6.79. The highest BCUT2D eigenvalue weighted by atomic mass is 19.4. The van der Waals surface area contributed by atoms with E-state index in [2.05, 4.69) is 5.32 Å². The zero-order chi connectivity index (χ0) is 23.9. The Morgan fingerprint density at radius 1 is 1.06 bits per heavy atom. The molecule has 3 N–H and O–H groups in total. The number of nitrogens with zero attached hydrogens (tertiary/aromatic N) is 1. The normalized spacial score (nSPS) is 11.5. The second kappa shape index (κ2) is 10.4. The monoisotopic (exact) mass is 452 g/mol. The largest absolute Gasteiger partial charge is 0.504 e. The number of carbonyl (C=O) groups is 2. The zero-order valence-corrected chi connectivity index (χ0v) is 16.6. The second-order valence-corrected chi connectivity index (χ2v) is 6.79. The molecule has 0 aliphatic rings. The number of allylic oxidation sites excluding steroid dienone is 1. The van der Waals surface area contributed by atoms with Crippen molar-refractivity contribution in [3.63, 3.8) is 0 Å². The maximum atomic E-state index is 12.5. The first-order chi connectivity index (χ1) is 15.0. The highest BCUT2D eigenvalue weighted by Gasteiger charge is 2.30. The number of nitrogens with one attached hydrogen (secondary N) is 1. The summed E-state index contributed by atoms with van der Waals surface area (Å²) < 4.78 is 37.6. The van der Waals surface area contributed by atoms with Crippen LogP contribution >= 0.6 is 0 Å². The Labute approximate surface area is 180 Å². The lowest BCUT2D eigenvalue weighted by molar-refractivity contribution is -0.386. The number of hydrogen-bond acceptors (Lipinski definition) is 6. The number of carbonyl (C=O) groups excluding carboxylic acids is 2. The number of hydrogen-bond donors (Lipinski definition) is 3. The van der Waals surface area contributed by atoms with Gasteiger partial charge in [0, 0.05) is 24.6 Å². The molecule has 11 heteroatoms. The van der Waals surface area contributed by atoms with E-state index in [0.717, 1.165) is 42.5 Å². The van der Waals surface area contributed by atoms with Crippen molar-refractivity contribution >= 4 is 29.1 Å². The van der Waals surface area contributed by atoms with Gasteiger partial charge in [0.1, 0.15) is 0 Å². The van der Waals surface area contributed by atoms with E-state index < -0.39 is 39.8 Å². The molecule has 0 unspecified atom stereocenters. The van der Waals surface area contributed by atoms with E-state index >= 15 is 0 Å². The molecule has 2 rings (SSSR count). The standard InChI is InChI=1S/C21H19F3N2O6/c22-21(23,24)14-6-8-15(9-7-14)25-19(29)4-2-1-3-16(27)10-5-13-11-17(26(31)32)20(30)18(28)12-13/h5-12,28,30H,1-4H2,(H,25,29). The molecule has 0 bridgehead atoms. The van der Waals surface area contributed by atoms with Crippen LogP contribution in [0.3, 0.4) is 0 Å². The SMILES string of the molecule is O=C(C=Cc1cc(O)c(O)c([N+](=O)[O-])c1)CCCCC(=O)Nc1ccc(C(F)(F)F)cc1. The van der Waals surface area contributed by atoms with Gasteiger partial charge < -0.3 is 15.5 Å². The van der Waals surface area contributed by atoms with E-state index in [-0.39, 0.29) is 29.9 Å². The van der Waals surface area contributed by atoms with Gasteiger partial charge in [0.05, 0.1) is 10.5 Å². The van der Waals surface area contributed by atoms with Gasteiger partial charge >= 0.3 is 11.9 Å². The van der Waals surface area contributed by atoms with Crippen molar-refractivity contribution in [1.29, 1.82) is 0 Å².